The number of hydrogen-bond donors (Lipinski definition) is 2. The normalized spacial score (nSPS) is 10.0. The van der Waals surface area contributed by atoms with Crippen molar-refractivity contribution in [1.29, 1.82) is 0 Å². The average molecular weight is 329 g/mol. The van der Waals surface area contributed by atoms with Gasteiger partial charge in [-0.25, -0.2) is 9.59 Å². The van der Waals surface area contributed by atoms with E-state index in [1.807, 2.05) is 42.1 Å². The second-order valence-electron chi connectivity index (χ2n) is 5.02. The standard InChI is InChI=1S/C17H19N3O4/c1-2-8-18-17(23)19-15(21)12-24-16(22)13-6-5-7-14(11-13)20-9-3-4-10-20/h3-7,9-11H,2,8,12H2,1H3,(H2,18,19,21,23). The summed E-state index contributed by atoms with van der Waals surface area (Å²) in [6, 6.07) is 9.98. The van der Waals surface area contributed by atoms with Gasteiger partial charge in [-0.3, -0.25) is 10.1 Å². The first-order valence-corrected chi connectivity index (χ1v) is 7.58. The minimum atomic E-state index is -0.682. The molecule has 1 aromatic heterocycles. The quantitative estimate of drug-likeness (QED) is 0.792. The van der Waals surface area contributed by atoms with Gasteiger partial charge in [0.25, 0.3) is 5.91 Å². The number of hydrogen-bond acceptors (Lipinski definition) is 4. The van der Waals surface area contributed by atoms with Gasteiger partial charge in [-0.05, 0) is 36.8 Å². The smallest absolute Gasteiger partial charge is 0.338 e. The van der Waals surface area contributed by atoms with Crippen LogP contribution in [0.3, 0.4) is 0 Å². The summed E-state index contributed by atoms with van der Waals surface area (Å²) in [7, 11) is 0. The third-order valence-electron chi connectivity index (χ3n) is 3.11. The summed E-state index contributed by atoms with van der Waals surface area (Å²) in [5.41, 5.74) is 1.13. The Labute approximate surface area is 139 Å². The van der Waals surface area contributed by atoms with Crippen molar-refractivity contribution in [3.8, 4) is 5.69 Å². The SMILES string of the molecule is CCCNC(=O)NC(=O)COC(=O)c1cccc(-n2cccc2)c1. The Balaban J connectivity index is 1.87. The fraction of sp³-hybridized carbons (Fsp3) is 0.235. The van der Waals surface area contributed by atoms with E-state index in [4.69, 9.17) is 4.74 Å². The third-order valence-corrected chi connectivity index (χ3v) is 3.11. The number of urea groups is 1. The van der Waals surface area contributed by atoms with E-state index in [0.717, 1.165) is 12.1 Å². The molecule has 0 fully saturated rings. The first kappa shape index (κ1) is 17.3. The zero-order chi connectivity index (χ0) is 17.4. The second-order valence-corrected chi connectivity index (χ2v) is 5.02. The highest BCUT2D eigenvalue weighted by molar-refractivity contribution is 5.97. The number of aromatic nitrogens is 1. The van der Waals surface area contributed by atoms with Crippen LogP contribution in [0.1, 0.15) is 23.7 Å². The number of rotatable bonds is 6. The van der Waals surface area contributed by atoms with Crippen LogP contribution in [0, 0.1) is 0 Å². The van der Waals surface area contributed by atoms with Gasteiger partial charge in [0.2, 0.25) is 0 Å². The molecule has 0 aliphatic rings. The van der Waals surface area contributed by atoms with Crippen LogP contribution in [-0.4, -0.2) is 35.6 Å². The summed E-state index contributed by atoms with van der Waals surface area (Å²) in [6.07, 6.45) is 4.47. The van der Waals surface area contributed by atoms with E-state index in [2.05, 4.69) is 10.6 Å². The van der Waals surface area contributed by atoms with Crippen molar-refractivity contribution in [2.24, 2.45) is 0 Å². The summed E-state index contributed by atoms with van der Waals surface area (Å²) in [6.45, 7) is 1.84. The van der Waals surface area contributed by atoms with Gasteiger partial charge in [-0.1, -0.05) is 13.0 Å². The van der Waals surface area contributed by atoms with Crippen LogP contribution in [0.5, 0.6) is 0 Å². The first-order chi connectivity index (χ1) is 11.6. The fourth-order valence-corrected chi connectivity index (χ4v) is 1.96. The summed E-state index contributed by atoms with van der Waals surface area (Å²) in [5.74, 6) is -1.31. The van der Waals surface area contributed by atoms with Gasteiger partial charge < -0.3 is 14.6 Å². The predicted molar refractivity (Wildman–Crippen MR) is 87.9 cm³/mol. The number of carbonyl (C=O) groups excluding carboxylic acids is 3. The van der Waals surface area contributed by atoms with Gasteiger partial charge >= 0.3 is 12.0 Å². The zero-order valence-electron chi connectivity index (χ0n) is 13.3. The Kier molecular flexibility index (Phi) is 6.13. The van der Waals surface area contributed by atoms with Crippen molar-refractivity contribution < 1.29 is 19.1 Å². The topological polar surface area (TPSA) is 89.4 Å². The first-order valence-electron chi connectivity index (χ1n) is 7.58. The van der Waals surface area contributed by atoms with Gasteiger partial charge in [0.15, 0.2) is 6.61 Å². The van der Waals surface area contributed by atoms with E-state index < -0.39 is 24.5 Å². The number of benzene rings is 1. The number of amides is 3. The van der Waals surface area contributed by atoms with E-state index in [9.17, 15) is 14.4 Å². The van der Waals surface area contributed by atoms with Gasteiger partial charge in [0.05, 0.1) is 5.56 Å². The largest absolute Gasteiger partial charge is 0.452 e. The minimum absolute atomic E-state index is 0.324. The lowest BCUT2D eigenvalue weighted by Gasteiger charge is -2.08. The number of imide groups is 1. The highest BCUT2D eigenvalue weighted by atomic mass is 16.5. The molecule has 0 saturated heterocycles. The molecule has 7 heteroatoms. The predicted octanol–water partition coefficient (Wildman–Crippen LogP) is 1.87. The van der Waals surface area contributed by atoms with Gasteiger partial charge in [-0.2, -0.15) is 0 Å². The van der Waals surface area contributed by atoms with Gasteiger partial charge in [0, 0.05) is 24.6 Å². The van der Waals surface area contributed by atoms with Crippen LogP contribution >= 0.6 is 0 Å². The molecule has 2 N–H and O–H groups in total. The van der Waals surface area contributed by atoms with Crippen molar-refractivity contribution in [3.63, 3.8) is 0 Å². The van der Waals surface area contributed by atoms with Crippen LogP contribution in [-0.2, 0) is 9.53 Å². The van der Waals surface area contributed by atoms with E-state index in [0.29, 0.717) is 12.1 Å². The Bertz CT molecular complexity index is 710. The zero-order valence-corrected chi connectivity index (χ0v) is 13.3. The molecular formula is C17H19N3O4. The van der Waals surface area contributed by atoms with E-state index in [1.54, 1.807) is 18.2 Å². The number of esters is 1. The molecule has 0 spiro atoms. The lowest BCUT2D eigenvalue weighted by molar-refractivity contribution is -0.123. The lowest BCUT2D eigenvalue weighted by Crippen LogP contribution is -2.41. The molecular weight excluding hydrogens is 310 g/mol. The highest BCUT2D eigenvalue weighted by Crippen LogP contribution is 2.11. The number of nitrogens with one attached hydrogen (secondary N) is 2. The van der Waals surface area contributed by atoms with Crippen LogP contribution < -0.4 is 10.6 Å². The number of ether oxygens (including phenoxy) is 1. The molecule has 0 aliphatic carbocycles. The van der Waals surface area contributed by atoms with Crippen LogP contribution in [0.2, 0.25) is 0 Å². The molecule has 7 nitrogen and oxygen atoms in total. The van der Waals surface area contributed by atoms with Crippen LogP contribution in [0.15, 0.2) is 48.8 Å². The molecule has 2 aromatic rings. The molecule has 0 unspecified atom stereocenters. The van der Waals surface area contributed by atoms with Crippen LogP contribution in [0.4, 0.5) is 4.79 Å². The van der Waals surface area contributed by atoms with E-state index >= 15 is 0 Å². The van der Waals surface area contributed by atoms with E-state index in [-0.39, 0.29) is 0 Å². The molecule has 0 radical (unpaired) electrons. The van der Waals surface area contributed by atoms with Crippen molar-refractivity contribution in [3.05, 3.63) is 54.4 Å². The molecule has 24 heavy (non-hydrogen) atoms. The summed E-state index contributed by atoms with van der Waals surface area (Å²) >= 11 is 0. The van der Waals surface area contributed by atoms with E-state index in [1.165, 1.54) is 0 Å². The summed E-state index contributed by atoms with van der Waals surface area (Å²) in [4.78, 5) is 34.9. The maximum atomic E-state index is 12.0. The molecule has 2 rings (SSSR count). The molecule has 0 atom stereocenters. The Morgan fingerprint density at radius 1 is 1.12 bits per heavy atom. The second kappa shape index (κ2) is 8.52. The van der Waals surface area contributed by atoms with Gasteiger partial charge in [-0.15, -0.1) is 0 Å². The number of carbonyl (C=O) groups is 3. The molecule has 0 saturated carbocycles. The maximum absolute atomic E-state index is 12.0. The summed E-state index contributed by atoms with van der Waals surface area (Å²) in [5, 5.41) is 4.58. The third kappa shape index (κ3) is 4.98. The van der Waals surface area contributed by atoms with Crippen molar-refractivity contribution in [2.75, 3.05) is 13.2 Å². The lowest BCUT2D eigenvalue weighted by atomic mass is 10.2. The molecule has 0 bridgehead atoms. The molecule has 126 valence electrons. The Morgan fingerprint density at radius 3 is 2.58 bits per heavy atom. The van der Waals surface area contributed by atoms with Crippen LogP contribution in [0.25, 0.3) is 5.69 Å². The fourth-order valence-electron chi connectivity index (χ4n) is 1.96. The number of nitrogens with zero attached hydrogens (tertiary/aromatic N) is 1. The highest BCUT2D eigenvalue weighted by Gasteiger charge is 2.12. The average Bonchev–Trinajstić information content (AvgIpc) is 3.12. The molecule has 1 aromatic carbocycles. The molecule has 0 aliphatic heterocycles. The van der Waals surface area contributed by atoms with Crippen molar-refractivity contribution in [1.82, 2.24) is 15.2 Å². The minimum Gasteiger partial charge on any atom is -0.452 e. The Morgan fingerprint density at radius 2 is 1.88 bits per heavy atom. The molecule has 3 amide bonds. The summed E-state index contributed by atoms with van der Waals surface area (Å²) < 4.78 is 6.78. The van der Waals surface area contributed by atoms with Gasteiger partial charge in [0.1, 0.15) is 0 Å². The maximum Gasteiger partial charge on any atom is 0.338 e. The van der Waals surface area contributed by atoms with Crippen molar-refractivity contribution >= 4 is 17.9 Å². The monoisotopic (exact) mass is 329 g/mol. The molecule has 1 heterocycles. The Hall–Kier alpha value is -3.09. The van der Waals surface area contributed by atoms with Crippen molar-refractivity contribution in [2.45, 2.75) is 13.3 Å².